The van der Waals surface area contributed by atoms with Gasteiger partial charge in [-0.25, -0.2) is 4.79 Å². The summed E-state index contributed by atoms with van der Waals surface area (Å²) >= 11 is 11.9. The fourth-order valence-corrected chi connectivity index (χ4v) is 3.59. The molecule has 2 saturated heterocycles. The Morgan fingerprint density at radius 1 is 1.25 bits per heavy atom. The number of urea groups is 1. The highest BCUT2D eigenvalue weighted by atomic mass is 35.5. The van der Waals surface area contributed by atoms with Crippen LogP contribution in [0, 0.1) is 5.92 Å². The summed E-state index contributed by atoms with van der Waals surface area (Å²) in [5.41, 5.74) is 0.638. The number of hydrogen-bond donors (Lipinski definition) is 2. The fraction of sp³-hybridized carbons (Fsp3) is 0.500. The molecule has 2 heterocycles. The Morgan fingerprint density at radius 3 is 2.75 bits per heavy atom. The monoisotopic (exact) mass is 313 g/mol. The van der Waals surface area contributed by atoms with Crippen LogP contribution in [-0.2, 0) is 0 Å². The fourth-order valence-electron chi connectivity index (χ4n) is 3.06. The van der Waals surface area contributed by atoms with Crippen LogP contribution in [0.3, 0.4) is 0 Å². The summed E-state index contributed by atoms with van der Waals surface area (Å²) in [6, 6.07) is 5.56. The van der Waals surface area contributed by atoms with Crippen LogP contribution in [0.25, 0.3) is 0 Å². The van der Waals surface area contributed by atoms with Crippen molar-refractivity contribution in [2.24, 2.45) is 5.92 Å². The van der Waals surface area contributed by atoms with E-state index in [-0.39, 0.29) is 6.03 Å². The average molecular weight is 314 g/mol. The maximum Gasteiger partial charge on any atom is 0.321 e. The van der Waals surface area contributed by atoms with E-state index in [0.29, 0.717) is 27.7 Å². The number of anilines is 1. The predicted molar refractivity (Wildman–Crippen MR) is 81.6 cm³/mol. The van der Waals surface area contributed by atoms with Gasteiger partial charge in [0.15, 0.2) is 0 Å². The molecule has 6 heteroatoms. The lowest BCUT2D eigenvalue weighted by Gasteiger charge is -2.34. The van der Waals surface area contributed by atoms with Crippen molar-refractivity contribution in [1.29, 1.82) is 0 Å². The van der Waals surface area contributed by atoms with Crippen molar-refractivity contribution in [3.63, 3.8) is 0 Å². The average Bonchev–Trinajstić information content (AvgIpc) is 2.84. The molecule has 3 rings (SSSR count). The quantitative estimate of drug-likeness (QED) is 0.836. The lowest BCUT2D eigenvalue weighted by Crippen LogP contribution is -2.48. The van der Waals surface area contributed by atoms with E-state index in [2.05, 4.69) is 10.6 Å². The zero-order valence-corrected chi connectivity index (χ0v) is 12.5. The van der Waals surface area contributed by atoms with E-state index in [0.717, 1.165) is 32.5 Å². The standard InChI is InChI=1S/C14H17Cl2N3O/c15-10-5-11(16)7-12(6-10)18-14(20)19-4-2-13-9(8-19)1-3-17-13/h5-7,9,13,17H,1-4,8H2,(H,18,20). The number of hydrogen-bond acceptors (Lipinski definition) is 2. The third kappa shape index (κ3) is 3.03. The maximum absolute atomic E-state index is 12.3. The first-order chi connectivity index (χ1) is 9.61. The number of piperidine rings is 1. The van der Waals surface area contributed by atoms with Gasteiger partial charge in [-0.1, -0.05) is 23.2 Å². The van der Waals surface area contributed by atoms with Crippen LogP contribution in [0.4, 0.5) is 10.5 Å². The molecule has 2 N–H and O–H groups in total. The number of likely N-dealkylation sites (tertiary alicyclic amines) is 1. The first kappa shape index (κ1) is 14.0. The summed E-state index contributed by atoms with van der Waals surface area (Å²) < 4.78 is 0. The van der Waals surface area contributed by atoms with Crippen LogP contribution in [0.1, 0.15) is 12.8 Å². The van der Waals surface area contributed by atoms with Gasteiger partial charge >= 0.3 is 6.03 Å². The molecule has 108 valence electrons. The van der Waals surface area contributed by atoms with Crippen LogP contribution in [-0.4, -0.2) is 36.6 Å². The number of nitrogens with one attached hydrogen (secondary N) is 2. The minimum Gasteiger partial charge on any atom is -0.324 e. The van der Waals surface area contributed by atoms with E-state index < -0.39 is 0 Å². The Morgan fingerprint density at radius 2 is 2.00 bits per heavy atom. The van der Waals surface area contributed by atoms with Gasteiger partial charge < -0.3 is 15.5 Å². The topological polar surface area (TPSA) is 44.4 Å². The second-order valence-corrected chi connectivity index (χ2v) is 6.31. The molecule has 2 aliphatic rings. The van der Waals surface area contributed by atoms with Crippen LogP contribution in [0.5, 0.6) is 0 Å². The number of carbonyl (C=O) groups is 1. The van der Waals surface area contributed by atoms with Crippen LogP contribution in [0.2, 0.25) is 10.0 Å². The van der Waals surface area contributed by atoms with Crippen molar-refractivity contribution in [1.82, 2.24) is 10.2 Å². The zero-order chi connectivity index (χ0) is 14.1. The molecule has 2 fully saturated rings. The minimum atomic E-state index is -0.0753. The summed E-state index contributed by atoms with van der Waals surface area (Å²) in [6.45, 7) is 2.67. The van der Waals surface area contributed by atoms with Crippen LogP contribution >= 0.6 is 23.2 Å². The molecular formula is C14H17Cl2N3O. The first-order valence-electron chi connectivity index (χ1n) is 6.87. The molecule has 4 nitrogen and oxygen atoms in total. The van der Waals surface area contributed by atoms with E-state index in [1.807, 2.05) is 4.90 Å². The van der Waals surface area contributed by atoms with E-state index in [9.17, 15) is 4.79 Å². The molecule has 1 aromatic carbocycles. The number of amides is 2. The Balaban J connectivity index is 1.64. The van der Waals surface area contributed by atoms with Crippen molar-refractivity contribution in [2.45, 2.75) is 18.9 Å². The Labute approximate surface area is 128 Å². The van der Waals surface area contributed by atoms with Gasteiger partial charge in [-0.3, -0.25) is 0 Å². The highest BCUT2D eigenvalue weighted by Gasteiger charge is 2.34. The van der Waals surface area contributed by atoms with Crippen molar-refractivity contribution in [2.75, 3.05) is 25.0 Å². The Bertz CT molecular complexity index is 503. The molecule has 0 aromatic heterocycles. The highest BCUT2D eigenvalue weighted by Crippen LogP contribution is 2.26. The predicted octanol–water partition coefficient (Wildman–Crippen LogP) is 3.21. The summed E-state index contributed by atoms with van der Waals surface area (Å²) in [5, 5.41) is 7.40. The number of halogens is 2. The number of fused-ring (bicyclic) bond motifs is 1. The second-order valence-electron chi connectivity index (χ2n) is 5.43. The van der Waals surface area contributed by atoms with E-state index in [1.54, 1.807) is 18.2 Å². The summed E-state index contributed by atoms with van der Waals surface area (Å²) in [7, 11) is 0. The van der Waals surface area contributed by atoms with Gasteiger partial charge in [0.05, 0.1) is 0 Å². The SMILES string of the molecule is O=C(Nc1cc(Cl)cc(Cl)c1)N1CCC2NCCC2C1. The van der Waals surface area contributed by atoms with E-state index >= 15 is 0 Å². The highest BCUT2D eigenvalue weighted by molar-refractivity contribution is 6.35. The number of benzene rings is 1. The van der Waals surface area contributed by atoms with Crippen LogP contribution < -0.4 is 10.6 Å². The lowest BCUT2D eigenvalue weighted by molar-refractivity contribution is 0.170. The van der Waals surface area contributed by atoms with Crippen molar-refractivity contribution in [3.8, 4) is 0 Å². The van der Waals surface area contributed by atoms with Crippen molar-refractivity contribution < 1.29 is 4.79 Å². The van der Waals surface area contributed by atoms with E-state index in [1.165, 1.54) is 0 Å². The molecular weight excluding hydrogens is 297 g/mol. The first-order valence-corrected chi connectivity index (χ1v) is 7.63. The van der Waals surface area contributed by atoms with Crippen molar-refractivity contribution in [3.05, 3.63) is 28.2 Å². The maximum atomic E-state index is 12.3. The third-order valence-corrected chi connectivity index (χ3v) is 4.49. The minimum absolute atomic E-state index is 0.0753. The molecule has 2 unspecified atom stereocenters. The van der Waals surface area contributed by atoms with Gasteiger partial charge in [0, 0.05) is 34.9 Å². The molecule has 0 aliphatic carbocycles. The van der Waals surface area contributed by atoms with Gasteiger partial charge in [-0.2, -0.15) is 0 Å². The molecule has 2 aliphatic heterocycles. The second kappa shape index (κ2) is 5.80. The number of carbonyl (C=O) groups excluding carboxylic acids is 1. The molecule has 0 bridgehead atoms. The molecule has 0 spiro atoms. The molecule has 0 radical (unpaired) electrons. The smallest absolute Gasteiger partial charge is 0.321 e. The normalized spacial score (nSPS) is 25.4. The summed E-state index contributed by atoms with van der Waals surface area (Å²) in [4.78, 5) is 14.2. The Hall–Kier alpha value is -0.970. The number of nitrogens with zero attached hydrogens (tertiary/aromatic N) is 1. The van der Waals surface area contributed by atoms with Crippen LogP contribution in [0.15, 0.2) is 18.2 Å². The Kier molecular flexibility index (Phi) is 4.06. The van der Waals surface area contributed by atoms with Crippen molar-refractivity contribution >= 4 is 34.9 Å². The molecule has 2 amide bonds. The van der Waals surface area contributed by atoms with Gasteiger partial charge in [-0.05, 0) is 43.5 Å². The van der Waals surface area contributed by atoms with Gasteiger partial charge in [-0.15, -0.1) is 0 Å². The zero-order valence-electron chi connectivity index (χ0n) is 11.0. The molecule has 2 atom stereocenters. The molecule has 1 aromatic rings. The molecule has 20 heavy (non-hydrogen) atoms. The largest absolute Gasteiger partial charge is 0.324 e. The van der Waals surface area contributed by atoms with Gasteiger partial charge in [0.2, 0.25) is 0 Å². The number of rotatable bonds is 1. The lowest BCUT2D eigenvalue weighted by atomic mass is 9.94. The summed E-state index contributed by atoms with van der Waals surface area (Å²) in [5.74, 6) is 0.581. The third-order valence-electron chi connectivity index (χ3n) is 4.06. The van der Waals surface area contributed by atoms with E-state index in [4.69, 9.17) is 23.2 Å². The summed E-state index contributed by atoms with van der Waals surface area (Å²) in [6.07, 6.45) is 2.17. The van der Waals surface area contributed by atoms with Gasteiger partial charge in [0.1, 0.15) is 0 Å². The molecule has 0 saturated carbocycles. The van der Waals surface area contributed by atoms with Gasteiger partial charge in [0.25, 0.3) is 0 Å².